The van der Waals surface area contributed by atoms with Crippen molar-refractivity contribution in [2.75, 3.05) is 0 Å². The summed E-state index contributed by atoms with van der Waals surface area (Å²) in [4.78, 5) is 4.23. The second-order valence-electron chi connectivity index (χ2n) is 5.98. The quantitative estimate of drug-likeness (QED) is 0.937. The van der Waals surface area contributed by atoms with Crippen molar-refractivity contribution in [1.29, 1.82) is 0 Å². The smallest absolute Gasteiger partial charge is 0.0863 e. The van der Waals surface area contributed by atoms with Crippen molar-refractivity contribution in [2.45, 2.75) is 57.6 Å². The first-order valence-corrected chi connectivity index (χ1v) is 7.87. The van der Waals surface area contributed by atoms with Crippen LogP contribution in [0, 0.1) is 6.92 Å². The van der Waals surface area contributed by atoms with E-state index in [-0.39, 0.29) is 0 Å². The van der Waals surface area contributed by atoms with Gasteiger partial charge in [0.15, 0.2) is 0 Å². The van der Waals surface area contributed by atoms with Crippen LogP contribution in [-0.4, -0.2) is 19.9 Å². The number of rotatable bonds is 4. The number of aliphatic hydroxyl groups excluding tert-OH is 1. The Labute approximate surface area is 125 Å². The molecular formula is C17H23N3O. The highest BCUT2D eigenvalue weighted by atomic mass is 16.3. The van der Waals surface area contributed by atoms with E-state index >= 15 is 0 Å². The van der Waals surface area contributed by atoms with E-state index < -0.39 is 6.10 Å². The number of hydrogen-bond donors (Lipinski definition) is 1. The molecule has 2 aromatic rings. The number of nitrogens with zero attached hydrogens (tertiary/aromatic N) is 3. The topological polar surface area (TPSA) is 50.9 Å². The van der Waals surface area contributed by atoms with E-state index in [1.165, 1.54) is 32.1 Å². The average molecular weight is 285 g/mol. The lowest BCUT2D eigenvalue weighted by molar-refractivity contribution is 0.175. The Morgan fingerprint density at radius 3 is 2.86 bits per heavy atom. The zero-order valence-electron chi connectivity index (χ0n) is 12.6. The third-order valence-electron chi connectivity index (χ3n) is 4.42. The summed E-state index contributed by atoms with van der Waals surface area (Å²) >= 11 is 0. The van der Waals surface area contributed by atoms with E-state index in [1.807, 2.05) is 25.1 Å². The van der Waals surface area contributed by atoms with E-state index in [2.05, 4.69) is 21.0 Å². The van der Waals surface area contributed by atoms with Gasteiger partial charge in [0, 0.05) is 30.1 Å². The van der Waals surface area contributed by atoms with Gasteiger partial charge in [-0.3, -0.25) is 9.67 Å². The van der Waals surface area contributed by atoms with Crippen molar-refractivity contribution in [3.05, 3.63) is 47.5 Å². The molecule has 1 N–H and O–H groups in total. The fourth-order valence-corrected chi connectivity index (χ4v) is 3.19. The van der Waals surface area contributed by atoms with Crippen LogP contribution in [0.3, 0.4) is 0 Å². The lowest BCUT2D eigenvalue weighted by Gasteiger charge is -2.21. The largest absolute Gasteiger partial charge is 0.388 e. The summed E-state index contributed by atoms with van der Waals surface area (Å²) in [6.07, 6.45) is 10.2. The maximum Gasteiger partial charge on any atom is 0.0863 e. The average Bonchev–Trinajstić information content (AvgIpc) is 2.97. The molecule has 1 aliphatic carbocycles. The van der Waals surface area contributed by atoms with Crippen molar-refractivity contribution in [2.24, 2.45) is 0 Å². The molecule has 0 saturated heterocycles. The fraction of sp³-hybridized carbons (Fsp3) is 0.529. The van der Waals surface area contributed by atoms with Gasteiger partial charge in [0.1, 0.15) is 0 Å². The van der Waals surface area contributed by atoms with Crippen molar-refractivity contribution in [3.8, 4) is 0 Å². The number of pyridine rings is 1. The van der Waals surface area contributed by atoms with Gasteiger partial charge in [-0.2, -0.15) is 5.10 Å². The Hall–Kier alpha value is -1.68. The van der Waals surface area contributed by atoms with E-state index in [4.69, 9.17) is 0 Å². The molecule has 1 saturated carbocycles. The minimum Gasteiger partial charge on any atom is -0.388 e. The monoisotopic (exact) mass is 285 g/mol. The predicted octanol–water partition coefficient (Wildman–Crippen LogP) is 3.37. The predicted molar refractivity (Wildman–Crippen MR) is 82.0 cm³/mol. The van der Waals surface area contributed by atoms with Crippen molar-refractivity contribution in [1.82, 2.24) is 14.8 Å². The van der Waals surface area contributed by atoms with Gasteiger partial charge in [-0.05, 0) is 31.9 Å². The number of aliphatic hydroxyl groups is 1. The summed E-state index contributed by atoms with van der Waals surface area (Å²) < 4.78 is 2.09. The fourth-order valence-electron chi connectivity index (χ4n) is 3.19. The standard InChI is InChI=1S/C17H23N3O/c1-13-16(8-5-10-18-13)17(21)12-14-9-11-20(19-14)15-6-3-2-4-7-15/h5,8-11,15,17,21H,2-4,6-7,12H2,1H3. The molecule has 0 aliphatic heterocycles. The molecule has 21 heavy (non-hydrogen) atoms. The zero-order chi connectivity index (χ0) is 14.7. The molecule has 0 spiro atoms. The van der Waals surface area contributed by atoms with Crippen LogP contribution in [0.4, 0.5) is 0 Å². The van der Waals surface area contributed by atoms with Crippen molar-refractivity contribution < 1.29 is 5.11 Å². The number of aromatic nitrogens is 3. The number of hydrogen-bond acceptors (Lipinski definition) is 3. The minimum absolute atomic E-state index is 0.534. The van der Waals surface area contributed by atoms with E-state index in [0.717, 1.165) is 17.0 Å². The molecule has 4 heteroatoms. The molecule has 112 valence electrons. The summed E-state index contributed by atoms with van der Waals surface area (Å²) in [6.45, 7) is 1.93. The van der Waals surface area contributed by atoms with Gasteiger partial charge >= 0.3 is 0 Å². The van der Waals surface area contributed by atoms with Crippen LogP contribution < -0.4 is 0 Å². The molecule has 2 aromatic heterocycles. The molecule has 0 amide bonds. The summed E-state index contributed by atoms with van der Waals surface area (Å²) in [6, 6.07) is 6.38. The summed E-state index contributed by atoms with van der Waals surface area (Å²) in [7, 11) is 0. The zero-order valence-corrected chi connectivity index (χ0v) is 12.6. The van der Waals surface area contributed by atoms with Gasteiger partial charge in [0.25, 0.3) is 0 Å². The first-order valence-electron chi connectivity index (χ1n) is 7.87. The highest BCUT2D eigenvalue weighted by Gasteiger charge is 2.18. The molecule has 2 heterocycles. The first kappa shape index (κ1) is 14.3. The Balaban J connectivity index is 1.68. The van der Waals surface area contributed by atoms with Gasteiger partial charge in [-0.25, -0.2) is 0 Å². The lowest BCUT2D eigenvalue weighted by atomic mass is 9.96. The van der Waals surface area contributed by atoms with Crippen LogP contribution in [0.25, 0.3) is 0 Å². The second-order valence-corrected chi connectivity index (χ2v) is 5.98. The third kappa shape index (κ3) is 3.32. The van der Waals surface area contributed by atoms with Gasteiger partial charge in [0.05, 0.1) is 17.8 Å². The highest BCUT2D eigenvalue weighted by molar-refractivity contribution is 5.22. The Kier molecular flexibility index (Phi) is 4.34. The number of aryl methyl sites for hydroxylation is 1. The SMILES string of the molecule is Cc1ncccc1C(O)Cc1ccn(C2CCCCC2)n1. The Morgan fingerprint density at radius 2 is 2.10 bits per heavy atom. The van der Waals surface area contributed by atoms with Gasteiger partial charge in [-0.15, -0.1) is 0 Å². The first-order chi connectivity index (χ1) is 10.2. The van der Waals surface area contributed by atoms with E-state index in [9.17, 15) is 5.11 Å². The molecular weight excluding hydrogens is 262 g/mol. The molecule has 0 aromatic carbocycles. The minimum atomic E-state index is -0.534. The lowest BCUT2D eigenvalue weighted by Crippen LogP contribution is -2.14. The molecule has 3 rings (SSSR count). The van der Waals surface area contributed by atoms with E-state index in [1.54, 1.807) is 6.20 Å². The van der Waals surface area contributed by atoms with Crippen LogP contribution in [0.1, 0.15) is 61.2 Å². The highest BCUT2D eigenvalue weighted by Crippen LogP contribution is 2.28. The van der Waals surface area contributed by atoms with Gasteiger partial charge in [0.2, 0.25) is 0 Å². The molecule has 1 aliphatic rings. The van der Waals surface area contributed by atoms with Gasteiger partial charge < -0.3 is 5.11 Å². The van der Waals surface area contributed by atoms with Crippen molar-refractivity contribution >= 4 is 0 Å². The maximum absolute atomic E-state index is 10.4. The second kappa shape index (κ2) is 6.39. The summed E-state index contributed by atoms with van der Waals surface area (Å²) in [5.41, 5.74) is 2.73. The molecule has 1 fully saturated rings. The van der Waals surface area contributed by atoms with Crippen LogP contribution in [0.2, 0.25) is 0 Å². The van der Waals surface area contributed by atoms with E-state index in [0.29, 0.717) is 12.5 Å². The molecule has 4 nitrogen and oxygen atoms in total. The molecule has 1 unspecified atom stereocenters. The van der Waals surface area contributed by atoms with Crippen LogP contribution in [0.15, 0.2) is 30.6 Å². The van der Waals surface area contributed by atoms with Crippen LogP contribution in [-0.2, 0) is 6.42 Å². The van der Waals surface area contributed by atoms with Gasteiger partial charge in [-0.1, -0.05) is 25.3 Å². The third-order valence-corrected chi connectivity index (χ3v) is 4.42. The maximum atomic E-state index is 10.4. The summed E-state index contributed by atoms with van der Waals surface area (Å²) in [5.74, 6) is 0. The Bertz CT molecular complexity index is 587. The Morgan fingerprint density at radius 1 is 1.29 bits per heavy atom. The van der Waals surface area contributed by atoms with Crippen molar-refractivity contribution in [3.63, 3.8) is 0 Å². The molecule has 1 atom stereocenters. The molecule has 0 bridgehead atoms. The van der Waals surface area contributed by atoms with Crippen LogP contribution in [0.5, 0.6) is 0 Å². The normalized spacial score (nSPS) is 17.8. The van der Waals surface area contributed by atoms with Crippen LogP contribution >= 0.6 is 0 Å². The summed E-state index contributed by atoms with van der Waals surface area (Å²) in [5, 5.41) is 15.1. The molecule has 0 radical (unpaired) electrons.